The van der Waals surface area contributed by atoms with Gasteiger partial charge in [-0.3, -0.25) is 0 Å². The Morgan fingerprint density at radius 3 is 2.92 bits per heavy atom. The van der Waals surface area contributed by atoms with Gasteiger partial charge in [0.1, 0.15) is 5.82 Å². The van der Waals surface area contributed by atoms with E-state index in [1.165, 1.54) is 12.3 Å². The van der Waals surface area contributed by atoms with Gasteiger partial charge in [0.05, 0.1) is 6.21 Å². The van der Waals surface area contributed by atoms with Crippen LogP contribution in [0, 0.1) is 5.82 Å². The van der Waals surface area contributed by atoms with Crippen molar-refractivity contribution in [2.24, 2.45) is 10.9 Å². The van der Waals surface area contributed by atoms with Gasteiger partial charge in [-0.15, -0.1) is 0 Å². The molecule has 0 spiro atoms. The first-order valence-corrected chi connectivity index (χ1v) is 4.48. The van der Waals surface area contributed by atoms with E-state index in [0.717, 1.165) is 0 Å². The molecule has 1 aromatic rings. The maximum absolute atomic E-state index is 13.0. The summed E-state index contributed by atoms with van der Waals surface area (Å²) >= 11 is 3.19. The average molecular weight is 231 g/mol. The fraction of sp³-hybridized carbons (Fsp3) is 0.125. The van der Waals surface area contributed by atoms with Gasteiger partial charge in [-0.25, -0.2) is 4.39 Å². The van der Waals surface area contributed by atoms with E-state index in [4.69, 9.17) is 5.84 Å². The second-order valence-electron chi connectivity index (χ2n) is 2.22. The Labute approximate surface area is 78.4 Å². The third-order valence-electron chi connectivity index (χ3n) is 1.50. The van der Waals surface area contributed by atoms with Crippen molar-refractivity contribution >= 4 is 22.1 Å². The molecule has 1 rings (SSSR count). The van der Waals surface area contributed by atoms with Gasteiger partial charge in [-0.2, -0.15) is 5.10 Å². The molecule has 2 N–H and O–H groups in total. The number of hydrogen-bond donors (Lipinski definition) is 1. The van der Waals surface area contributed by atoms with Crippen molar-refractivity contribution in [1.82, 2.24) is 0 Å². The third-order valence-corrected chi connectivity index (χ3v) is 2.06. The highest BCUT2D eigenvalue weighted by atomic mass is 79.9. The fourth-order valence-corrected chi connectivity index (χ4v) is 1.51. The molecule has 0 heterocycles. The summed E-state index contributed by atoms with van der Waals surface area (Å²) in [5.41, 5.74) is 1.28. The summed E-state index contributed by atoms with van der Waals surface area (Å²) < 4.78 is 13.0. The van der Waals surface area contributed by atoms with Gasteiger partial charge >= 0.3 is 0 Å². The van der Waals surface area contributed by atoms with E-state index in [0.29, 0.717) is 16.5 Å². The molecular formula is C8H8BrFN2. The topological polar surface area (TPSA) is 38.4 Å². The first-order chi connectivity index (χ1) is 5.79. The molecule has 12 heavy (non-hydrogen) atoms. The SMILES string of the molecule is NN=Cc1cccc(F)c1CBr. The molecule has 4 heteroatoms. The molecule has 1 aromatic carbocycles. The molecule has 2 nitrogen and oxygen atoms in total. The molecule has 0 aliphatic rings. The Balaban J connectivity index is 3.18. The molecule has 64 valence electrons. The standard InChI is InChI=1S/C8H8BrFN2/c9-4-7-6(5-12-11)2-1-3-8(7)10/h1-3,5H,4,11H2. The van der Waals surface area contributed by atoms with Crippen molar-refractivity contribution in [3.8, 4) is 0 Å². The van der Waals surface area contributed by atoms with Gasteiger partial charge in [0.25, 0.3) is 0 Å². The lowest BCUT2D eigenvalue weighted by Crippen LogP contribution is -1.95. The molecule has 0 aromatic heterocycles. The quantitative estimate of drug-likeness (QED) is 0.359. The zero-order chi connectivity index (χ0) is 8.97. The summed E-state index contributed by atoms with van der Waals surface area (Å²) in [7, 11) is 0. The Morgan fingerprint density at radius 2 is 2.33 bits per heavy atom. The van der Waals surface area contributed by atoms with Crippen LogP contribution in [0.15, 0.2) is 23.3 Å². The second kappa shape index (κ2) is 4.21. The number of rotatable bonds is 2. The Morgan fingerprint density at radius 1 is 1.58 bits per heavy atom. The monoisotopic (exact) mass is 230 g/mol. The molecule has 0 fully saturated rings. The van der Waals surface area contributed by atoms with E-state index in [2.05, 4.69) is 21.0 Å². The van der Waals surface area contributed by atoms with Gasteiger partial charge in [-0.05, 0) is 6.07 Å². The van der Waals surface area contributed by atoms with Crippen molar-refractivity contribution in [1.29, 1.82) is 0 Å². The molecule has 0 unspecified atom stereocenters. The van der Waals surface area contributed by atoms with Crippen LogP contribution in [0.5, 0.6) is 0 Å². The van der Waals surface area contributed by atoms with Crippen molar-refractivity contribution in [3.63, 3.8) is 0 Å². The Kier molecular flexibility index (Phi) is 3.22. The molecule has 0 atom stereocenters. The number of nitrogens with zero attached hydrogens (tertiary/aromatic N) is 1. The van der Waals surface area contributed by atoms with Crippen LogP contribution in [0.25, 0.3) is 0 Å². The number of alkyl halides is 1. The van der Waals surface area contributed by atoms with E-state index >= 15 is 0 Å². The molecule has 0 saturated heterocycles. The zero-order valence-corrected chi connectivity index (χ0v) is 7.88. The Hall–Kier alpha value is -0.900. The highest BCUT2D eigenvalue weighted by molar-refractivity contribution is 9.08. The van der Waals surface area contributed by atoms with Crippen molar-refractivity contribution in [3.05, 3.63) is 35.1 Å². The summed E-state index contributed by atoms with van der Waals surface area (Å²) in [4.78, 5) is 0. The largest absolute Gasteiger partial charge is 0.323 e. The molecule has 0 aliphatic heterocycles. The minimum Gasteiger partial charge on any atom is -0.323 e. The first-order valence-electron chi connectivity index (χ1n) is 3.36. The first kappa shape index (κ1) is 9.19. The number of nitrogens with two attached hydrogens (primary N) is 1. The number of hydrazone groups is 1. The maximum atomic E-state index is 13.0. The zero-order valence-electron chi connectivity index (χ0n) is 6.30. The fourth-order valence-electron chi connectivity index (χ4n) is 0.918. The van der Waals surface area contributed by atoms with Crippen LogP contribution in [-0.4, -0.2) is 6.21 Å². The van der Waals surface area contributed by atoms with E-state index in [9.17, 15) is 4.39 Å². The summed E-state index contributed by atoms with van der Waals surface area (Å²) in [5.74, 6) is 4.72. The van der Waals surface area contributed by atoms with Gasteiger partial charge in [0.15, 0.2) is 0 Å². The predicted octanol–water partition coefficient (Wildman–Crippen LogP) is 2.01. The number of benzene rings is 1. The average Bonchev–Trinajstić information content (AvgIpc) is 2.05. The molecular weight excluding hydrogens is 223 g/mol. The van der Waals surface area contributed by atoms with Gasteiger partial charge in [0, 0.05) is 16.5 Å². The summed E-state index contributed by atoms with van der Waals surface area (Å²) in [5, 5.41) is 3.80. The van der Waals surface area contributed by atoms with Crippen LogP contribution in [0.2, 0.25) is 0 Å². The molecule has 0 radical (unpaired) electrons. The van der Waals surface area contributed by atoms with Crippen LogP contribution < -0.4 is 5.84 Å². The van der Waals surface area contributed by atoms with Gasteiger partial charge < -0.3 is 5.84 Å². The predicted molar refractivity (Wildman–Crippen MR) is 50.8 cm³/mol. The lowest BCUT2D eigenvalue weighted by atomic mass is 10.1. The van der Waals surface area contributed by atoms with E-state index in [1.54, 1.807) is 12.1 Å². The lowest BCUT2D eigenvalue weighted by Gasteiger charge is -2.01. The normalized spacial score (nSPS) is 10.8. The summed E-state index contributed by atoms with van der Waals surface area (Å²) in [6.07, 6.45) is 1.43. The van der Waals surface area contributed by atoms with Crippen LogP contribution in [0.1, 0.15) is 11.1 Å². The van der Waals surface area contributed by atoms with Gasteiger partial charge in [-0.1, -0.05) is 28.1 Å². The number of halogens is 2. The third kappa shape index (κ3) is 1.82. The van der Waals surface area contributed by atoms with Crippen LogP contribution in [0.4, 0.5) is 4.39 Å². The van der Waals surface area contributed by atoms with Crippen LogP contribution in [-0.2, 0) is 5.33 Å². The molecule has 0 bridgehead atoms. The van der Waals surface area contributed by atoms with Crippen molar-refractivity contribution in [2.75, 3.05) is 0 Å². The molecule has 0 saturated carbocycles. The number of hydrogen-bond acceptors (Lipinski definition) is 2. The van der Waals surface area contributed by atoms with Crippen molar-refractivity contribution < 1.29 is 4.39 Å². The lowest BCUT2D eigenvalue weighted by molar-refractivity contribution is 0.617. The van der Waals surface area contributed by atoms with Crippen LogP contribution in [0.3, 0.4) is 0 Å². The van der Waals surface area contributed by atoms with Crippen LogP contribution >= 0.6 is 15.9 Å². The summed E-state index contributed by atoms with van der Waals surface area (Å²) in [6, 6.07) is 4.79. The summed E-state index contributed by atoms with van der Waals surface area (Å²) in [6.45, 7) is 0. The smallest absolute Gasteiger partial charge is 0.127 e. The minimum atomic E-state index is -0.246. The minimum absolute atomic E-state index is 0.246. The van der Waals surface area contributed by atoms with Gasteiger partial charge in [0.2, 0.25) is 0 Å². The Bertz CT molecular complexity index is 299. The molecule has 0 amide bonds. The second-order valence-corrected chi connectivity index (χ2v) is 2.78. The highest BCUT2D eigenvalue weighted by Gasteiger charge is 2.03. The molecule has 0 aliphatic carbocycles. The van der Waals surface area contributed by atoms with E-state index in [-0.39, 0.29) is 5.82 Å². The highest BCUT2D eigenvalue weighted by Crippen LogP contribution is 2.14. The van der Waals surface area contributed by atoms with Crippen molar-refractivity contribution in [2.45, 2.75) is 5.33 Å². The maximum Gasteiger partial charge on any atom is 0.127 e. The van der Waals surface area contributed by atoms with E-state index < -0.39 is 0 Å². The van der Waals surface area contributed by atoms with E-state index in [1.807, 2.05) is 0 Å².